The van der Waals surface area contributed by atoms with Gasteiger partial charge in [0.05, 0.1) is 6.42 Å². The normalized spacial score (nSPS) is 11.7. The van der Waals surface area contributed by atoms with Crippen LogP contribution in [0.1, 0.15) is 27.2 Å². The highest BCUT2D eigenvalue weighted by molar-refractivity contribution is 14.1. The lowest BCUT2D eigenvalue weighted by atomic mass is 10.1. The number of benzene rings is 2. The molecule has 0 aromatic heterocycles. The van der Waals surface area contributed by atoms with Crippen molar-refractivity contribution in [1.82, 2.24) is 0 Å². The van der Waals surface area contributed by atoms with E-state index in [0.29, 0.717) is 5.56 Å². The van der Waals surface area contributed by atoms with Gasteiger partial charge in [-0.05, 0) is 40.3 Å². The van der Waals surface area contributed by atoms with Gasteiger partial charge in [-0.3, -0.25) is 9.59 Å². The van der Waals surface area contributed by atoms with Crippen molar-refractivity contribution in [2.45, 2.75) is 11.2 Å². The number of alkyl halides is 1. The van der Waals surface area contributed by atoms with Gasteiger partial charge in [-0.25, -0.2) is 0 Å². The van der Waals surface area contributed by atoms with Gasteiger partial charge >= 0.3 is 5.97 Å². The molecule has 5 heteroatoms. The Morgan fingerprint density at radius 2 is 1.82 bits per heavy atom. The van der Waals surface area contributed by atoms with Crippen molar-refractivity contribution >= 4 is 50.3 Å². The zero-order valence-corrected chi connectivity index (χ0v) is 15.4. The molecule has 0 saturated carbocycles. The second kappa shape index (κ2) is 8.43. The second-order valence-electron chi connectivity index (χ2n) is 4.68. The summed E-state index contributed by atoms with van der Waals surface area (Å²) in [7, 11) is 0. The quantitative estimate of drug-likeness (QED) is 0.268. The van der Waals surface area contributed by atoms with E-state index in [-0.39, 0.29) is 23.6 Å². The summed E-state index contributed by atoms with van der Waals surface area (Å²) in [6.07, 6.45) is 0.184. The first kappa shape index (κ1) is 17.1. The molecule has 1 atom stereocenters. The van der Waals surface area contributed by atoms with E-state index in [0.717, 1.165) is 9.13 Å². The maximum atomic E-state index is 12.0. The standard InChI is InChI=1S/C17H14BrIO3/c18-15(12-5-2-1-3-6-12)10-17(21)22-11-16(20)13-7-4-8-14(19)9-13/h1-9,15H,10-11H2. The summed E-state index contributed by atoms with van der Waals surface area (Å²) < 4.78 is 6.04. The lowest BCUT2D eigenvalue weighted by Gasteiger charge is -2.10. The first-order valence-corrected chi connectivity index (χ1v) is 8.69. The highest BCUT2D eigenvalue weighted by atomic mass is 127. The Hall–Kier alpha value is -1.21. The van der Waals surface area contributed by atoms with E-state index in [1.165, 1.54) is 0 Å². The highest BCUT2D eigenvalue weighted by Crippen LogP contribution is 2.26. The molecule has 1 unspecified atom stereocenters. The van der Waals surface area contributed by atoms with Gasteiger partial charge in [0.25, 0.3) is 0 Å². The number of carbonyl (C=O) groups is 2. The van der Waals surface area contributed by atoms with Crippen molar-refractivity contribution in [3.05, 3.63) is 69.3 Å². The Bertz CT molecular complexity index is 658. The molecular formula is C17H14BrIO3. The lowest BCUT2D eigenvalue weighted by Crippen LogP contribution is -2.15. The minimum absolute atomic E-state index is 0.117. The molecule has 0 spiro atoms. The number of rotatable bonds is 6. The van der Waals surface area contributed by atoms with E-state index >= 15 is 0 Å². The van der Waals surface area contributed by atoms with Crippen LogP contribution in [0.5, 0.6) is 0 Å². The van der Waals surface area contributed by atoms with Crippen LogP contribution in [-0.2, 0) is 9.53 Å². The fourth-order valence-corrected chi connectivity index (χ4v) is 2.99. The van der Waals surface area contributed by atoms with Gasteiger partial charge in [-0.15, -0.1) is 0 Å². The molecule has 0 fully saturated rings. The van der Waals surface area contributed by atoms with Crippen molar-refractivity contribution in [2.75, 3.05) is 6.61 Å². The minimum Gasteiger partial charge on any atom is -0.457 e. The van der Waals surface area contributed by atoms with Crippen LogP contribution in [0, 0.1) is 3.57 Å². The van der Waals surface area contributed by atoms with Gasteiger partial charge in [-0.1, -0.05) is 58.4 Å². The maximum absolute atomic E-state index is 12.0. The van der Waals surface area contributed by atoms with E-state index in [2.05, 4.69) is 38.5 Å². The molecule has 0 bridgehead atoms. The molecular weight excluding hydrogens is 459 g/mol. The average Bonchev–Trinajstić information content (AvgIpc) is 2.53. The van der Waals surface area contributed by atoms with E-state index in [9.17, 15) is 9.59 Å². The molecule has 0 aliphatic heterocycles. The predicted octanol–water partition coefficient (Wildman–Crippen LogP) is 4.54. The summed E-state index contributed by atoms with van der Waals surface area (Å²) in [6.45, 7) is -0.229. The largest absolute Gasteiger partial charge is 0.457 e. The Morgan fingerprint density at radius 3 is 2.50 bits per heavy atom. The first-order chi connectivity index (χ1) is 10.6. The van der Waals surface area contributed by atoms with Crippen LogP contribution < -0.4 is 0 Å². The van der Waals surface area contributed by atoms with Crippen LogP contribution in [0.2, 0.25) is 0 Å². The van der Waals surface area contributed by atoms with Gasteiger partial charge < -0.3 is 4.74 Å². The van der Waals surface area contributed by atoms with Crippen molar-refractivity contribution in [1.29, 1.82) is 0 Å². The van der Waals surface area contributed by atoms with Crippen LogP contribution in [-0.4, -0.2) is 18.4 Å². The summed E-state index contributed by atoms with van der Waals surface area (Å²) in [5, 5.41) is 0. The van der Waals surface area contributed by atoms with Crippen molar-refractivity contribution in [2.24, 2.45) is 0 Å². The van der Waals surface area contributed by atoms with Crippen molar-refractivity contribution in [3.8, 4) is 0 Å². The van der Waals surface area contributed by atoms with Crippen LogP contribution in [0.3, 0.4) is 0 Å². The topological polar surface area (TPSA) is 43.4 Å². The number of hydrogen-bond donors (Lipinski definition) is 0. The molecule has 0 saturated heterocycles. The number of carbonyl (C=O) groups excluding carboxylic acids is 2. The van der Waals surface area contributed by atoms with Crippen molar-refractivity contribution in [3.63, 3.8) is 0 Å². The number of hydrogen-bond acceptors (Lipinski definition) is 3. The van der Waals surface area contributed by atoms with Crippen molar-refractivity contribution < 1.29 is 14.3 Å². The predicted molar refractivity (Wildman–Crippen MR) is 97.2 cm³/mol. The van der Waals surface area contributed by atoms with E-state index in [4.69, 9.17) is 4.74 Å². The van der Waals surface area contributed by atoms with Crippen LogP contribution >= 0.6 is 38.5 Å². The lowest BCUT2D eigenvalue weighted by molar-refractivity contribution is -0.142. The van der Waals surface area contributed by atoms with E-state index in [1.807, 2.05) is 36.4 Å². The smallest absolute Gasteiger partial charge is 0.307 e. The number of halogens is 2. The summed E-state index contributed by atoms with van der Waals surface area (Å²) in [5.74, 6) is -0.595. The number of esters is 1. The van der Waals surface area contributed by atoms with Crippen LogP contribution in [0.25, 0.3) is 0 Å². The number of ether oxygens (including phenoxy) is 1. The molecule has 0 heterocycles. The summed E-state index contributed by atoms with van der Waals surface area (Å²) in [6, 6.07) is 16.8. The molecule has 2 aromatic carbocycles. The summed E-state index contributed by atoms with van der Waals surface area (Å²) in [5.41, 5.74) is 1.56. The van der Waals surface area contributed by atoms with Gasteiger partial charge in [0.1, 0.15) is 0 Å². The monoisotopic (exact) mass is 472 g/mol. The van der Waals surface area contributed by atoms with E-state index < -0.39 is 5.97 Å². The molecule has 0 radical (unpaired) electrons. The summed E-state index contributed by atoms with van der Waals surface area (Å²) >= 11 is 5.60. The Labute approximate surface area is 151 Å². The zero-order chi connectivity index (χ0) is 15.9. The molecule has 0 amide bonds. The number of Topliss-reactive ketones (excluding diaryl/α,β-unsaturated/α-hetero) is 1. The Balaban J connectivity index is 1.84. The third kappa shape index (κ3) is 5.21. The van der Waals surface area contributed by atoms with Crippen LogP contribution in [0.15, 0.2) is 54.6 Å². The van der Waals surface area contributed by atoms with Crippen LogP contribution in [0.4, 0.5) is 0 Å². The fourth-order valence-electron chi connectivity index (χ4n) is 1.88. The van der Waals surface area contributed by atoms with Gasteiger partial charge in [0.15, 0.2) is 12.4 Å². The second-order valence-corrected chi connectivity index (χ2v) is 7.03. The van der Waals surface area contributed by atoms with Gasteiger partial charge in [-0.2, -0.15) is 0 Å². The van der Waals surface area contributed by atoms with Gasteiger partial charge in [0, 0.05) is 14.0 Å². The molecule has 0 aliphatic carbocycles. The SMILES string of the molecule is O=C(CC(Br)c1ccccc1)OCC(=O)c1cccc(I)c1. The molecule has 3 nitrogen and oxygen atoms in total. The zero-order valence-electron chi connectivity index (χ0n) is 11.7. The Morgan fingerprint density at radius 1 is 1.09 bits per heavy atom. The summed E-state index contributed by atoms with van der Waals surface area (Å²) in [4.78, 5) is 23.7. The molecule has 0 aliphatic rings. The Kier molecular flexibility index (Phi) is 6.57. The molecule has 2 aromatic rings. The molecule has 22 heavy (non-hydrogen) atoms. The minimum atomic E-state index is -0.398. The first-order valence-electron chi connectivity index (χ1n) is 6.69. The number of ketones is 1. The molecule has 0 N–H and O–H groups in total. The highest BCUT2D eigenvalue weighted by Gasteiger charge is 2.15. The van der Waals surface area contributed by atoms with E-state index in [1.54, 1.807) is 18.2 Å². The fraction of sp³-hybridized carbons (Fsp3) is 0.176. The molecule has 2 rings (SSSR count). The average molecular weight is 473 g/mol. The molecule has 114 valence electrons. The maximum Gasteiger partial charge on any atom is 0.307 e. The van der Waals surface area contributed by atoms with Gasteiger partial charge in [0.2, 0.25) is 0 Å². The third-order valence-electron chi connectivity index (χ3n) is 3.02. The third-order valence-corrected chi connectivity index (χ3v) is 4.54.